The Morgan fingerprint density at radius 2 is 2.06 bits per heavy atom. The number of nitrogens with two attached hydrogens (primary N) is 1. The van der Waals surface area contributed by atoms with E-state index in [0.29, 0.717) is 0 Å². The highest BCUT2D eigenvalue weighted by molar-refractivity contribution is 6.08. The average molecular weight is 473 g/mol. The van der Waals surface area contributed by atoms with Crippen molar-refractivity contribution in [3.63, 3.8) is 0 Å². The summed E-state index contributed by atoms with van der Waals surface area (Å²) >= 11 is 0. The van der Waals surface area contributed by atoms with E-state index in [2.05, 4.69) is 72.7 Å². The number of rotatable bonds is 11. The van der Waals surface area contributed by atoms with Gasteiger partial charge in [-0.2, -0.15) is 0 Å². The Labute approximate surface area is 213 Å². The van der Waals surface area contributed by atoms with E-state index in [0.717, 1.165) is 62.4 Å². The minimum Gasteiger partial charge on any atom is -0.404 e. The van der Waals surface area contributed by atoms with Crippen molar-refractivity contribution in [3.05, 3.63) is 83.8 Å². The number of allylic oxidation sites excluding steroid dienone is 8. The van der Waals surface area contributed by atoms with Crippen LogP contribution in [-0.4, -0.2) is 37.3 Å². The zero-order valence-electron chi connectivity index (χ0n) is 21.8. The van der Waals surface area contributed by atoms with Gasteiger partial charge >= 0.3 is 0 Å². The van der Waals surface area contributed by atoms with Crippen LogP contribution in [0.1, 0.15) is 63.5 Å². The number of hydrogen-bond donors (Lipinski definition) is 2. The van der Waals surface area contributed by atoms with Gasteiger partial charge in [0.1, 0.15) is 0 Å². The average Bonchev–Trinajstić information content (AvgIpc) is 3.11. The molecule has 3 N–H and O–H groups in total. The summed E-state index contributed by atoms with van der Waals surface area (Å²) in [7, 11) is 0. The molecule has 2 aliphatic heterocycles. The summed E-state index contributed by atoms with van der Waals surface area (Å²) in [5.41, 5.74) is 13.1. The van der Waals surface area contributed by atoms with Crippen LogP contribution in [-0.2, 0) is 6.42 Å². The SMILES string of the molecule is C=C/C=C(\C=C/C)CC/C(=C/CC)N1CCCC(CN2CCc3cc(/C(C=N)=C/N)ccc32)CC1. The van der Waals surface area contributed by atoms with E-state index in [1.165, 1.54) is 60.7 Å². The Bertz CT molecular complexity index is 982. The summed E-state index contributed by atoms with van der Waals surface area (Å²) in [5, 5.41) is 7.58. The second kappa shape index (κ2) is 13.8. The molecule has 0 radical (unpaired) electrons. The molecule has 3 rings (SSSR count). The van der Waals surface area contributed by atoms with Gasteiger partial charge < -0.3 is 20.9 Å². The number of benzene rings is 1. The Morgan fingerprint density at radius 1 is 1.20 bits per heavy atom. The summed E-state index contributed by atoms with van der Waals surface area (Å²) in [4.78, 5) is 5.24. The van der Waals surface area contributed by atoms with Crippen LogP contribution in [0.5, 0.6) is 0 Å². The second-order valence-electron chi connectivity index (χ2n) is 9.67. The maximum Gasteiger partial charge on any atom is 0.0400 e. The van der Waals surface area contributed by atoms with Gasteiger partial charge in [0.15, 0.2) is 0 Å². The molecule has 0 amide bonds. The lowest BCUT2D eigenvalue weighted by Gasteiger charge is -2.28. The highest BCUT2D eigenvalue weighted by atomic mass is 15.2. The quantitative estimate of drug-likeness (QED) is 0.273. The first-order valence-corrected chi connectivity index (χ1v) is 13.3. The van der Waals surface area contributed by atoms with E-state index in [4.69, 9.17) is 11.1 Å². The molecule has 1 fully saturated rings. The Morgan fingerprint density at radius 3 is 2.77 bits per heavy atom. The predicted molar refractivity (Wildman–Crippen MR) is 153 cm³/mol. The van der Waals surface area contributed by atoms with E-state index < -0.39 is 0 Å². The van der Waals surface area contributed by atoms with Crippen molar-refractivity contribution in [2.24, 2.45) is 11.7 Å². The highest BCUT2D eigenvalue weighted by Crippen LogP contribution is 2.33. The second-order valence-corrected chi connectivity index (χ2v) is 9.67. The Hall–Kier alpha value is -3.01. The van der Waals surface area contributed by atoms with Crippen LogP contribution in [0.4, 0.5) is 5.69 Å². The summed E-state index contributed by atoms with van der Waals surface area (Å²) in [5.74, 6) is 0.730. The van der Waals surface area contributed by atoms with Gasteiger partial charge in [-0.1, -0.05) is 49.9 Å². The van der Waals surface area contributed by atoms with Gasteiger partial charge in [0.05, 0.1) is 0 Å². The van der Waals surface area contributed by atoms with Crippen LogP contribution in [0.2, 0.25) is 0 Å². The molecule has 1 aromatic rings. The smallest absolute Gasteiger partial charge is 0.0400 e. The lowest BCUT2D eigenvalue weighted by Crippen LogP contribution is -2.29. The van der Waals surface area contributed by atoms with E-state index in [9.17, 15) is 0 Å². The topological polar surface area (TPSA) is 56.4 Å². The van der Waals surface area contributed by atoms with Crippen LogP contribution < -0.4 is 10.6 Å². The number of nitrogens with one attached hydrogen (secondary N) is 1. The normalized spacial score (nSPS) is 19.7. The van der Waals surface area contributed by atoms with Crippen molar-refractivity contribution in [2.75, 3.05) is 31.1 Å². The van der Waals surface area contributed by atoms with E-state index in [-0.39, 0.29) is 0 Å². The minimum absolute atomic E-state index is 0.730. The van der Waals surface area contributed by atoms with Crippen molar-refractivity contribution in [3.8, 4) is 0 Å². The molecular formula is C31H44N4. The van der Waals surface area contributed by atoms with Crippen LogP contribution in [0.25, 0.3) is 5.57 Å². The molecule has 1 unspecified atom stereocenters. The van der Waals surface area contributed by atoms with E-state index >= 15 is 0 Å². The highest BCUT2D eigenvalue weighted by Gasteiger charge is 2.25. The van der Waals surface area contributed by atoms with Crippen molar-refractivity contribution < 1.29 is 0 Å². The van der Waals surface area contributed by atoms with Gasteiger partial charge in [-0.15, -0.1) is 0 Å². The maximum absolute atomic E-state index is 7.58. The molecule has 1 atom stereocenters. The molecule has 2 aliphatic rings. The summed E-state index contributed by atoms with van der Waals surface area (Å²) < 4.78 is 0. The maximum atomic E-state index is 7.58. The third kappa shape index (κ3) is 7.24. The summed E-state index contributed by atoms with van der Waals surface area (Å²) in [6, 6.07) is 6.56. The van der Waals surface area contributed by atoms with Crippen molar-refractivity contribution in [1.82, 2.24) is 4.90 Å². The van der Waals surface area contributed by atoms with Gasteiger partial charge in [0.25, 0.3) is 0 Å². The predicted octanol–water partition coefficient (Wildman–Crippen LogP) is 6.86. The molecule has 0 bridgehead atoms. The number of fused-ring (bicyclic) bond motifs is 1. The number of nitrogens with zero attached hydrogens (tertiary/aromatic N) is 2. The fourth-order valence-corrected chi connectivity index (χ4v) is 5.50. The van der Waals surface area contributed by atoms with Crippen LogP contribution in [0.3, 0.4) is 0 Å². The van der Waals surface area contributed by atoms with Gasteiger partial charge in [0, 0.05) is 55.6 Å². The summed E-state index contributed by atoms with van der Waals surface area (Å²) in [6.07, 6.45) is 21.8. The van der Waals surface area contributed by atoms with Crippen LogP contribution >= 0.6 is 0 Å². The molecule has 0 saturated carbocycles. The van der Waals surface area contributed by atoms with Crippen LogP contribution in [0, 0.1) is 11.3 Å². The molecule has 2 heterocycles. The first-order chi connectivity index (χ1) is 17.1. The molecule has 0 aliphatic carbocycles. The van der Waals surface area contributed by atoms with Gasteiger partial charge in [-0.25, -0.2) is 0 Å². The van der Waals surface area contributed by atoms with Crippen molar-refractivity contribution in [2.45, 2.75) is 58.8 Å². The first-order valence-electron chi connectivity index (χ1n) is 13.3. The largest absolute Gasteiger partial charge is 0.404 e. The fourth-order valence-electron chi connectivity index (χ4n) is 5.50. The molecule has 1 aromatic carbocycles. The zero-order valence-corrected chi connectivity index (χ0v) is 21.8. The minimum atomic E-state index is 0.730. The molecule has 35 heavy (non-hydrogen) atoms. The number of likely N-dealkylation sites (tertiary alicyclic amines) is 1. The fraction of sp³-hybridized carbons (Fsp3) is 0.452. The van der Waals surface area contributed by atoms with Crippen molar-refractivity contribution in [1.29, 1.82) is 5.41 Å². The summed E-state index contributed by atoms with van der Waals surface area (Å²) in [6.45, 7) is 12.8. The Kier molecular flexibility index (Phi) is 10.5. The number of anilines is 1. The van der Waals surface area contributed by atoms with Gasteiger partial charge in [-0.3, -0.25) is 0 Å². The monoisotopic (exact) mass is 472 g/mol. The Balaban J connectivity index is 1.60. The lowest BCUT2D eigenvalue weighted by molar-refractivity contribution is 0.337. The molecule has 188 valence electrons. The lowest BCUT2D eigenvalue weighted by atomic mass is 9.99. The van der Waals surface area contributed by atoms with Crippen molar-refractivity contribution >= 4 is 17.5 Å². The van der Waals surface area contributed by atoms with Gasteiger partial charge in [0.2, 0.25) is 0 Å². The third-order valence-electron chi connectivity index (χ3n) is 7.29. The molecule has 0 spiro atoms. The van der Waals surface area contributed by atoms with Crippen LogP contribution in [0.15, 0.2) is 72.6 Å². The zero-order chi connectivity index (χ0) is 25.0. The molecule has 4 nitrogen and oxygen atoms in total. The first kappa shape index (κ1) is 26.6. The molecular weight excluding hydrogens is 428 g/mol. The standard InChI is InChI=1S/C31H44N4/c1-4-8-25(9-5-2)12-14-30(10-6-3)34-18-7-11-26(16-19-34)24-35-20-17-28-21-27(13-15-31(28)35)29(22-32)23-33/h4-5,8-10,13,15,21-23,26,32H,1,6-7,11-12,14,16-20,24,33H2,2-3H3/b9-5-,25-8+,29-23+,30-10-,32-22?. The molecule has 0 aromatic heterocycles. The third-order valence-corrected chi connectivity index (χ3v) is 7.29. The number of hydrogen-bond acceptors (Lipinski definition) is 4. The molecule has 1 saturated heterocycles. The van der Waals surface area contributed by atoms with Gasteiger partial charge in [-0.05, 0) is 86.6 Å². The van der Waals surface area contributed by atoms with E-state index in [1.54, 1.807) is 0 Å². The van der Waals surface area contributed by atoms with E-state index in [1.807, 2.05) is 6.08 Å². The molecule has 4 heteroatoms.